The molecule has 3 amide bonds. The number of carbonyl (C=O) groups is 2. The van der Waals surface area contributed by atoms with Crippen molar-refractivity contribution >= 4 is 17.8 Å². The molecule has 0 aliphatic carbocycles. The van der Waals surface area contributed by atoms with Crippen LogP contribution in [0.2, 0.25) is 0 Å². The molecule has 0 saturated carbocycles. The highest BCUT2D eigenvalue weighted by Crippen LogP contribution is 2.29. The molecule has 0 spiro atoms. The summed E-state index contributed by atoms with van der Waals surface area (Å²) in [6.45, 7) is 2.17. The molecule has 34 heavy (non-hydrogen) atoms. The van der Waals surface area contributed by atoms with Gasteiger partial charge in [0, 0.05) is 51.9 Å². The van der Waals surface area contributed by atoms with Crippen LogP contribution in [0.15, 0.2) is 66.9 Å². The highest BCUT2D eigenvalue weighted by molar-refractivity contribution is 5.88. The summed E-state index contributed by atoms with van der Waals surface area (Å²) in [5, 5.41) is 10.0. The third-order valence-electron chi connectivity index (χ3n) is 5.92. The number of urea groups is 1. The first kappa shape index (κ1) is 23.4. The van der Waals surface area contributed by atoms with Crippen LogP contribution in [0.25, 0.3) is 0 Å². The number of anilines is 1. The van der Waals surface area contributed by atoms with E-state index in [2.05, 4.69) is 32.8 Å². The van der Waals surface area contributed by atoms with Crippen LogP contribution < -0.4 is 10.6 Å². The molecule has 8 nitrogen and oxygen atoms in total. The Labute approximate surface area is 198 Å². The normalized spacial score (nSPS) is 18.0. The van der Waals surface area contributed by atoms with Gasteiger partial charge in [-0.1, -0.05) is 42.5 Å². The lowest BCUT2D eigenvalue weighted by Gasteiger charge is -2.20. The van der Waals surface area contributed by atoms with Gasteiger partial charge in [0.1, 0.15) is 12.4 Å². The molecule has 1 fully saturated rings. The van der Waals surface area contributed by atoms with Gasteiger partial charge in [-0.3, -0.25) is 19.7 Å². The van der Waals surface area contributed by atoms with Crippen LogP contribution >= 0.6 is 0 Å². The van der Waals surface area contributed by atoms with Crippen LogP contribution in [0, 0.1) is 5.82 Å². The lowest BCUT2D eigenvalue weighted by atomic mass is 9.94. The summed E-state index contributed by atoms with van der Waals surface area (Å²) >= 11 is 0. The van der Waals surface area contributed by atoms with Gasteiger partial charge in [0.05, 0.1) is 6.04 Å². The maximum atomic E-state index is 13.9. The van der Waals surface area contributed by atoms with Gasteiger partial charge >= 0.3 is 6.03 Å². The molecule has 2 heterocycles. The van der Waals surface area contributed by atoms with Crippen molar-refractivity contribution in [2.75, 3.05) is 32.5 Å². The van der Waals surface area contributed by atoms with E-state index in [-0.39, 0.29) is 30.2 Å². The Kier molecular flexibility index (Phi) is 7.22. The van der Waals surface area contributed by atoms with E-state index >= 15 is 0 Å². The maximum Gasteiger partial charge on any atom is 0.320 e. The molecule has 1 saturated heterocycles. The summed E-state index contributed by atoms with van der Waals surface area (Å²) in [5.41, 5.74) is 2.04. The van der Waals surface area contributed by atoms with Gasteiger partial charge in [0.2, 0.25) is 5.91 Å². The average Bonchev–Trinajstić information content (AvgIpc) is 3.40. The fraction of sp³-hybridized carbons (Fsp3) is 0.320. The molecule has 3 aromatic rings. The van der Waals surface area contributed by atoms with E-state index in [0.717, 1.165) is 12.1 Å². The Morgan fingerprint density at radius 1 is 1.09 bits per heavy atom. The van der Waals surface area contributed by atoms with Gasteiger partial charge in [0.15, 0.2) is 5.82 Å². The number of likely N-dealkylation sites (N-methyl/N-ethyl adjacent to an activating group) is 1. The number of hydrogen-bond donors (Lipinski definition) is 2. The zero-order valence-corrected chi connectivity index (χ0v) is 19.3. The largest absolute Gasteiger partial charge is 0.347 e. The lowest BCUT2D eigenvalue weighted by molar-refractivity contribution is -0.129. The Hall–Kier alpha value is -3.72. The second-order valence-electron chi connectivity index (χ2n) is 8.73. The molecule has 2 aromatic carbocycles. The molecular formula is C25H29FN6O2. The van der Waals surface area contributed by atoms with E-state index in [4.69, 9.17) is 0 Å². The first-order chi connectivity index (χ1) is 16.4. The number of likely N-dealkylation sites (tertiary alicyclic amines) is 1. The molecule has 2 atom stereocenters. The number of rotatable bonds is 7. The molecular weight excluding hydrogens is 435 g/mol. The zero-order valence-electron chi connectivity index (χ0n) is 19.3. The van der Waals surface area contributed by atoms with E-state index in [1.165, 1.54) is 27.3 Å². The van der Waals surface area contributed by atoms with E-state index in [1.54, 1.807) is 32.4 Å². The number of nitrogens with one attached hydrogen (secondary N) is 2. The van der Waals surface area contributed by atoms with E-state index in [9.17, 15) is 14.0 Å². The van der Waals surface area contributed by atoms with Crippen LogP contribution in [-0.4, -0.2) is 64.7 Å². The van der Waals surface area contributed by atoms with Gasteiger partial charge in [-0.25, -0.2) is 9.18 Å². The molecule has 2 N–H and O–H groups in total. The molecule has 1 aromatic heterocycles. The number of carbonyl (C=O) groups excluding carboxylic acids is 2. The van der Waals surface area contributed by atoms with Gasteiger partial charge in [0.25, 0.3) is 0 Å². The molecule has 0 unspecified atom stereocenters. The number of aromatic nitrogens is 2. The smallest absolute Gasteiger partial charge is 0.320 e. The first-order valence-electron chi connectivity index (χ1n) is 11.2. The number of halogens is 1. The van der Waals surface area contributed by atoms with Crippen LogP contribution in [0.5, 0.6) is 0 Å². The minimum atomic E-state index is -0.392. The van der Waals surface area contributed by atoms with Crippen molar-refractivity contribution in [2.45, 2.75) is 25.0 Å². The number of nitrogens with zero attached hydrogens (tertiary/aromatic N) is 4. The fourth-order valence-electron chi connectivity index (χ4n) is 4.19. The Morgan fingerprint density at radius 2 is 1.88 bits per heavy atom. The van der Waals surface area contributed by atoms with Gasteiger partial charge < -0.3 is 10.2 Å². The molecule has 0 bridgehead atoms. The summed E-state index contributed by atoms with van der Waals surface area (Å²) in [5.74, 6) is -0.0903. The standard InChI is InChI=1S/C25H29FN6O2/c1-30(2)24(33)17-32-12-11-23(29-32)28-25(34)27-22-16-31(14-18-7-4-3-5-8-18)15-21(22)19-9-6-10-20(26)13-19/h3-13,21-22H,14-17H2,1-2H3,(H2,27,28,29,34)/t21-,22+/m0/s1. The number of hydrogen-bond acceptors (Lipinski definition) is 4. The molecule has 9 heteroatoms. The average molecular weight is 465 g/mol. The third kappa shape index (κ3) is 5.99. The van der Waals surface area contributed by atoms with Crippen molar-refractivity contribution in [2.24, 2.45) is 0 Å². The second-order valence-corrected chi connectivity index (χ2v) is 8.73. The zero-order chi connectivity index (χ0) is 24.1. The topological polar surface area (TPSA) is 82.5 Å². The summed E-state index contributed by atoms with van der Waals surface area (Å²) < 4.78 is 15.4. The van der Waals surface area contributed by atoms with Crippen molar-refractivity contribution in [3.8, 4) is 0 Å². The highest BCUT2D eigenvalue weighted by Gasteiger charge is 2.35. The third-order valence-corrected chi connectivity index (χ3v) is 5.92. The number of amides is 3. The predicted octanol–water partition coefficient (Wildman–Crippen LogP) is 2.90. The Bertz CT molecular complexity index is 1130. The fourth-order valence-corrected chi connectivity index (χ4v) is 4.19. The van der Waals surface area contributed by atoms with E-state index in [1.807, 2.05) is 24.3 Å². The summed E-state index contributed by atoms with van der Waals surface area (Å²) in [7, 11) is 3.35. The molecule has 4 rings (SSSR count). The van der Waals surface area contributed by atoms with Crippen LogP contribution in [0.3, 0.4) is 0 Å². The summed E-state index contributed by atoms with van der Waals surface area (Å²) in [6, 6.07) is 17.7. The quantitative estimate of drug-likeness (QED) is 0.563. The minimum absolute atomic E-state index is 0.0552. The summed E-state index contributed by atoms with van der Waals surface area (Å²) in [4.78, 5) is 28.4. The van der Waals surface area contributed by atoms with Crippen LogP contribution in [0.1, 0.15) is 17.0 Å². The van der Waals surface area contributed by atoms with Crippen molar-refractivity contribution in [1.82, 2.24) is 24.9 Å². The van der Waals surface area contributed by atoms with Gasteiger partial charge in [-0.15, -0.1) is 0 Å². The summed E-state index contributed by atoms with van der Waals surface area (Å²) in [6.07, 6.45) is 1.64. The molecule has 0 radical (unpaired) electrons. The second kappa shape index (κ2) is 10.5. The lowest BCUT2D eigenvalue weighted by Crippen LogP contribution is -2.42. The minimum Gasteiger partial charge on any atom is -0.347 e. The molecule has 1 aliphatic rings. The van der Waals surface area contributed by atoms with E-state index < -0.39 is 6.03 Å². The van der Waals surface area contributed by atoms with Gasteiger partial charge in [-0.05, 0) is 23.3 Å². The maximum absolute atomic E-state index is 13.9. The Morgan fingerprint density at radius 3 is 2.62 bits per heavy atom. The molecule has 178 valence electrons. The van der Waals surface area contributed by atoms with E-state index in [0.29, 0.717) is 18.9 Å². The Balaban J connectivity index is 1.43. The van der Waals surface area contributed by atoms with Crippen LogP contribution in [0.4, 0.5) is 15.0 Å². The monoisotopic (exact) mass is 464 g/mol. The SMILES string of the molecule is CN(C)C(=O)Cn1ccc(NC(=O)N[C@@H]2CN(Cc3ccccc3)C[C@H]2c2cccc(F)c2)n1. The van der Waals surface area contributed by atoms with Gasteiger partial charge in [-0.2, -0.15) is 5.10 Å². The highest BCUT2D eigenvalue weighted by atomic mass is 19.1. The van der Waals surface area contributed by atoms with Crippen molar-refractivity contribution in [1.29, 1.82) is 0 Å². The number of benzene rings is 2. The van der Waals surface area contributed by atoms with Crippen molar-refractivity contribution in [3.05, 3.63) is 83.8 Å². The molecule has 1 aliphatic heterocycles. The van der Waals surface area contributed by atoms with Crippen molar-refractivity contribution < 1.29 is 14.0 Å². The van der Waals surface area contributed by atoms with Crippen LogP contribution in [-0.2, 0) is 17.9 Å². The predicted molar refractivity (Wildman–Crippen MR) is 128 cm³/mol. The first-order valence-corrected chi connectivity index (χ1v) is 11.2. The van der Waals surface area contributed by atoms with Crippen molar-refractivity contribution in [3.63, 3.8) is 0 Å².